The van der Waals surface area contributed by atoms with Crippen LogP contribution in [0.5, 0.6) is 5.75 Å². The third kappa shape index (κ3) is 4.03. The van der Waals surface area contributed by atoms with Crippen molar-refractivity contribution in [2.24, 2.45) is 0 Å². The molecule has 1 aliphatic heterocycles. The first-order valence-corrected chi connectivity index (χ1v) is 11.8. The zero-order valence-electron chi connectivity index (χ0n) is 19.1. The van der Waals surface area contributed by atoms with Crippen molar-refractivity contribution in [2.75, 3.05) is 7.11 Å². The van der Waals surface area contributed by atoms with E-state index >= 15 is 0 Å². The average molecular weight is 467 g/mol. The number of ether oxygens (including phenoxy) is 1. The third-order valence-electron chi connectivity index (χ3n) is 6.57. The van der Waals surface area contributed by atoms with E-state index in [0.717, 1.165) is 33.2 Å². The predicted octanol–water partition coefficient (Wildman–Crippen LogP) is 6.15. The highest BCUT2D eigenvalue weighted by Gasteiger charge is 2.43. The largest absolute Gasteiger partial charge is 0.497 e. The molecule has 0 unspecified atom stereocenters. The van der Waals surface area contributed by atoms with Gasteiger partial charge in [0.1, 0.15) is 5.75 Å². The number of nitrogens with zero attached hydrogens (tertiary/aromatic N) is 1. The van der Waals surface area contributed by atoms with E-state index in [1.165, 1.54) is 0 Å². The lowest BCUT2D eigenvalue weighted by atomic mass is 9.92. The smallest absolute Gasteiger partial charge is 0.236 e. The number of fused-ring (bicyclic) bond motifs is 1. The van der Waals surface area contributed by atoms with E-state index in [1.807, 2.05) is 73.7 Å². The van der Waals surface area contributed by atoms with Crippen LogP contribution in [0.2, 0.25) is 0 Å². The summed E-state index contributed by atoms with van der Waals surface area (Å²) in [6.07, 6.45) is 0. The topological polar surface area (TPSA) is 41.6 Å². The maximum absolute atomic E-state index is 13.9. The molecule has 1 aliphatic rings. The monoisotopic (exact) mass is 466 g/mol. The molecule has 5 rings (SSSR count). The van der Waals surface area contributed by atoms with E-state index < -0.39 is 0 Å². The fourth-order valence-corrected chi connectivity index (χ4v) is 5.03. The Labute approximate surface area is 205 Å². The Hall–Kier alpha value is -3.70. The minimum Gasteiger partial charge on any atom is -0.497 e. The molecule has 5 heteroatoms. The molecule has 1 saturated heterocycles. The molecule has 0 bridgehead atoms. The molecule has 4 aromatic carbocycles. The molecule has 1 amide bonds. The van der Waals surface area contributed by atoms with Gasteiger partial charge in [0.25, 0.3) is 0 Å². The summed E-state index contributed by atoms with van der Waals surface area (Å²) in [6.45, 7) is 1.95. The lowest BCUT2D eigenvalue weighted by Gasteiger charge is -2.29. The summed E-state index contributed by atoms with van der Waals surface area (Å²) in [5.74, 6) is 0.445. The fourth-order valence-electron chi connectivity index (χ4n) is 4.70. The van der Waals surface area contributed by atoms with Gasteiger partial charge in [0.2, 0.25) is 5.91 Å². The number of hydrogen-bond donors (Lipinski definition) is 1. The van der Waals surface area contributed by atoms with Crippen LogP contribution in [0.15, 0.2) is 97.1 Å². The molecule has 34 heavy (non-hydrogen) atoms. The Morgan fingerprint density at radius 3 is 2.18 bits per heavy atom. The number of carbonyl (C=O) groups is 1. The molecule has 1 heterocycles. The Morgan fingerprint density at radius 1 is 0.882 bits per heavy atom. The zero-order valence-corrected chi connectivity index (χ0v) is 20.0. The molecule has 1 N–H and O–H groups in total. The Kier molecular flexibility index (Phi) is 6.03. The van der Waals surface area contributed by atoms with Gasteiger partial charge in [-0.3, -0.25) is 9.69 Å². The molecule has 4 nitrogen and oxygen atoms in total. The van der Waals surface area contributed by atoms with Gasteiger partial charge in [-0.2, -0.15) is 0 Å². The van der Waals surface area contributed by atoms with Gasteiger partial charge in [0.05, 0.1) is 25.1 Å². The lowest BCUT2D eigenvalue weighted by molar-refractivity contribution is -0.129. The van der Waals surface area contributed by atoms with Crippen molar-refractivity contribution in [2.45, 2.75) is 24.9 Å². The number of thiocarbonyl (C=S) groups is 1. The number of benzene rings is 4. The summed E-state index contributed by atoms with van der Waals surface area (Å²) in [7, 11) is 1.66. The summed E-state index contributed by atoms with van der Waals surface area (Å²) < 4.78 is 5.34. The van der Waals surface area contributed by atoms with Gasteiger partial charge in [0, 0.05) is 0 Å². The molecule has 4 aromatic rings. The second-order valence-corrected chi connectivity index (χ2v) is 8.98. The number of rotatable bonds is 5. The molecule has 3 atom stereocenters. The summed E-state index contributed by atoms with van der Waals surface area (Å²) in [4.78, 5) is 15.7. The summed E-state index contributed by atoms with van der Waals surface area (Å²) in [5.41, 5.74) is 3.11. The van der Waals surface area contributed by atoms with Crippen LogP contribution >= 0.6 is 12.2 Å². The van der Waals surface area contributed by atoms with Gasteiger partial charge in [0.15, 0.2) is 5.11 Å². The van der Waals surface area contributed by atoms with Gasteiger partial charge < -0.3 is 10.1 Å². The highest BCUT2D eigenvalue weighted by molar-refractivity contribution is 7.80. The van der Waals surface area contributed by atoms with Crippen LogP contribution in [0.3, 0.4) is 0 Å². The van der Waals surface area contributed by atoms with E-state index in [0.29, 0.717) is 5.11 Å². The van der Waals surface area contributed by atoms with Crippen LogP contribution in [-0.4, -0.2) is 23.0 Å². The minimum absolute atomic E-state index is 0.0161. The summed E-state index contributed by atoms with van der Waals surface area (Å²) in [5, 5.41) is 6.03. The number of amides is 1. The van der Waals surface area contributed by atoms with E-state index in [2.05, 4.69) is 35.6 Å². The van der Waals surface area contributed by atoms with Crippen LogP contribution in [-0.2, 0) is 4.79 Å². The second kappa shape index (κ2) is 9.27. The van der Waals surface area contributed by atoms with Gasteiger partial charge in [-0.1, -0.05) is 84.9 Å². The van der Waals surface area contributed by atoms with Crippen molar-refractivity contribution >= 4 is 34.0 Å². The number of hydrogen-bond acceptors (Lipinski definition) is 3. The normalized spacial score (nSPS) is 18.5. The van der Waals surface area contributed by atoms with Gasteiger partial charge >= 0.3 is 0 Å². The molecule has 0 spiro atoms. The Morgan fingerprint density at radius 2 is 1.50 bits per heavy atom. The first-order valence-electron chi connectivity index (χ1n) is 11.4. The van der Waals surface area contributed by atoms with Crippen molar-refractivity contribution in [3.05, 3.63) is 114 Å². The van der Waals surface area contributed by atoms with Crippen molar-refractivity contribution in [3.63, 3.8) is 0 Å². The van der Waals surface area contributed by atoms with Crippen molar-refractivity contribution in [1.82, 2.24) is 10.2 Å². The number of methoxy groups -OCH3 is 1. The SMILES string of the molecule is COc1ccc2cc([C@@H](C)C(=O)N3C(=S)N[C@@H](c4ccccc4)[C@@H]3c3ccccc3)ccc2c1. The van der Waals surface area contributed by atoms with Gasteiger partial charge in [-0.25, -0.2) is 0 Å². The molecule has 170 valence electrons. The Bertz CT molecular complexity index is 1340. The van der Waals surface area contributed by atoms with Gasteiger partial charge in [-0.05, 0) is 58.7 Å². The van der Waals surface area contributed by atoms with Crippen LogP contribution in [0, 0.1) is 0 Å². The standard InChI is InChI=1S/C29H26N2O2S/c1-19(22-13-14-24-18-25(33-2)16-15-23(24)17-22)28(32)31-27(21-11-7-4-8-12-21)26(30-29(31)34)20-9-5-3-6-10-20/h3-19,26-27H,1-2H3,(H,30,34)/t19-,26+,27+/m1/s1. The zero-order chi connectivity index (χ0) is 23.7. The number of carbonyl (C=O) groups excluding carboxylic acids is 1. The van der Waals surface area contributed by atoms with Crippen LogP contribution in [0.4, 0.5) is 0 Å². The van der Waals surface area contributed by atoms with Crippen molar-refractivity contribution in [1.29, 1.82) is 0 Å². The highest BCUT2D eigenvalue weighted by atomic mass is 32.1. The maximum Gasteiger partial charge on any atom is 0.236 e. The minimum atomic E-state index is -0.355. The highest BCUT2D eigenvalue weighted by Crippen LogP contribution is 2.41. The molecule has 0 aliphatic carbocycles. The first kappa shape index (κ1) is 22.1. The van der Waals surface area contributed by atoms with Crippen molar-refractivity contribution in [3.8, 4) is 5.75 Å². The Balaban J connectivity index is 1.51. The predicted molar refractivity (Wildman–Crippen MR) is 140 cm³/mol. The van der Waals surface area contributed by atoms with Crippen LogP contribution in [0.1, 0.15) is 41.6 Å². The van der Waals surface area contributed by atoms with E-state index in [1.54, 1.807) is 12.0 Å². The fraction of sp³-hybridized carbons (Fsp3) is 0.172. The van der Waals surface area contributed by atoms with Crippen LogP contribution in [0.25, 0.3) is 10.8 Å². The molecule has 1 fully saturated rings. The van der Waals surface area contributed by atoms with E-state index in [4.69, 9.17) is 17.0 Å². The molecule has 0 saturated carbocycles. The molecular formula is C29H26N2O2S. The molecule has 0 aromatic heterocycles. The first-order chi connectivity index (χ1) is 16.6. The number of nitrogens with one attached hydrogen (secondary N) is 1. The van der Waals surface area contributed by atoms with Crippen LogP contribution < -0.4 is 10.1 Å². The lowest BCUT2D eigenvalue weighted by Crippen LogP contribution is -2.38. The quantitative estimate of drug-likeness (QED) is 0.358. The third-order valence-corrected chi connectivity index (χ3v) is 6.89. The molecule has 0 radical (unpaired) electrons. The second-order valence-electron chi connectivity index (χ2n) is 8.60. The van der Waals surface area contributed by atoms with E-state index in [-0.39, 0.29) is 23.9 Å². The summed E-state index contributed by atoms with van der Waals surface area (Å²) >= 11 is 5.72. The summed E-state index contributed by atoms with van der Waals surface area (Å²) in [6, 6.07) is 32.0. The van der Waals surface area contributed by atoms with E-state index in [9.17, 15) is 4.79 Å². The van der Waals surface area contributed by atoms with Crippen molar-refractivity contribution < 1.29 is 9.53 Å². The van der Waals surface area contributed by atoms with Gasteiger partial charge in [-0.15, -0.1) is 0 Å². The average Bonchev–Trinajstić information content (AvgIpc) is 3.25. The maximum atomic E-state index is 13.9. The molecular weight excluding hydrogens is 440 g/mol.